The van der Waals surface area contributed by atoms with E-state index in [0.717, 1.165) is 116 Å². The lowest BCUT2D eigenvalue weighted by atomic mass is 10.0. The molecule has 9 heteroatoms. The molecule has 0 fully saturated rings. The van der Waals surface area contributed by atoms with Gasteiger partial charge in [0.2, 0.25) is 5.91 Å². The summed E-state index contributed by atoms with van der Waals surface area (Å²) >= 11 is 0. The van der Waals surface area contributed by atoms with Crippen LogP contribution >= 0.6 is 7.82 Å². The summed E-state index contributed by atoms with van der Waals surface area (Å²) in [7, 11) is 1.56. The zero-order valence-electron chi connectivity index (χ0n) is 61.5. The Morgan fingerprint density at radius 1 is 0.376 bits per heavy atom. The van der Waals surface area contributed by atoms with Gasteiger partial charge >= 0.3 is 7.82 Å². The standard InChI is InChI=1S/C84H149N2O6P/c1-6-8-10-12-14-16-18-20-22-24-26-28-30-32-34-36-38-40-41-42-43-44-45-46-48-50-52-54-56-58-60-62-64-66-68-70-72-74-76-78-84(88)85-82(81-92-93(89,90)91-80-79-86(3,4)5)83(87)77-75-73-71-69-67-65-63-61-59-57-55-53-51-49-47-39-37-35-33-31-29-27-25-23-21-19-17-15-13-11-9-7-2/h8,10,14,16,20,22,26,28,32,34,38,40,42-43,45-46,50,52,56,58,75,77,82-83,87H,6-7,9,11-13,15,17-19,21,23-25,27,29-31,33,35-37,39,41,44,47-49,51,53-55,57,59-74,76,78-81H2,1-5H3,(H-,85,88,89,90)/p+1/b10-8-,16-14-,22-20-,28-26-,34-32-,40-38-,43-42-,46-45-,52-50-,58-56-,77-75+. The number of nitrogens with one attached hydrogen (secondary N) is 1. The van der Waals surface area contributed by atoms with Crippen LogP contribution in [0.5, 0.6) is 0 Å². The monoisotopic (exact) mass is 1310 g/mol. The highest BCUT2D eigenvalue weighted by Gasteiger charge is 2.28. The average molecular weight is 1320 g/mol. The normalized spacial score (nSPS) is 14.3. The van der Waals surface area contributed by atoms with E-state index in [0.29, 0.717) is 17.4 Å². The minimum Gasteiger partial charge on any atom is -0.387 e. The predicted molar refractivity (Wildman–Crippen MR) is 410 cm³/mol. The van der Waals surface area contributed by atoms with Gasteiger partial charge in [0, 0.05) is 6.42 Å². The highest BCUT2D eigenvalue weighted by Crippen LogP contribution is 2.43. The summed E-state index contributed by atoms with van der Waals surface area (Å²) in [5.41, 5.74) is 0. The molecule has 0 bridgehead atoms. The van der Waals surface area contributed by atoms with Crippen LogP contribution in [0, 0.1) is 0 Å². The number of phosphoric acid groups is 1. The van der Waals surface area contributed by atoms with Gasteiger partial charge in [0.15, 0.2) is 0 Å². The number of allylic oxidation sites excluding steroid dienone is 21. The molecule has 3 N–H and O–H groups in total. The molecule has 536 valence electrons. The van der Waals surface area contributed by atoms with Gasteiger partial charge in [0.1, 0.15) is 13.2 Å². The smallest absolute Gasteiger partial charge is 0.387 e. The van der Waals surface area contributed by atoms with E-state index in [1.807, 2.05) is 27.2 Å². The van der Waals surface area contributed by atoms with E-state index in [1.54, 1.807) is 6.08 Å². The summed E-state index contributed by atoms with van der Waals surface area (Å²) in [4.78, 5) is 23.5. The Labute approximate surface area is 576 Å². The van der Waals surface area contributed by atoms with Crippen molar-refractivity contribution in [3.8, 4) is 0 Å². The van der Waals surface area contributed by atoms with Crippen molar-refractivity contribution < 1.29 is 32.9 Å². The molecule has 93 heavy (non-hydrogen) atoms. The first-order chi connectivity index (χ1) is 45.5. The molecule has 0 radical (unpaired) electrons. The molecule has 3 unspecified atom stereocenters. The van der Waals surface area contributed by atoms with Crippen molar-refractivity contribution >= 4 is 13.7 Å². The maximum absolute atomic E-state index is 13.1. The van der Waals surface area contributed by atoms with E-state index in [9.17, 15) is 19.4 Å². The van der Waals surface area contributed by atoms with Crippen LogP contribution in [0.4, 0.5) is 0 Å². The van der Waals surface area contributed by atoms with Crippen molar-refractivity contribution in [2.24, 2.45) is 0 Å². The Bertz CT molecular complexity index is 1990. The number of unbranched alkanes of at least 4 members (excludes halogenated alkanes) is 38. The molecule has 0 rings (SSSR count). The van der Waals surface area contributed by atoms with Crippen LogP contribution in [-0.4, -0.2) is 73.4 Å². The molecule has 0 heterocycles. The van der Waals surface area contributed by atoms with E-state index < -0.39 is 20.0 Å². The van der Waals surface area contributed by atoms with Gasteiger partial charge in [0.05, 0.1) is 39.9 Å². The van der Waals surface area contributed by atoms with Crippen LogP contribution in [-0.2, 0) is 18.4 Å². The first-order valence-corrected chi connectivity index (χ1v) is 40.6. The first-order valence-electron chi connectivity index (χ1n) is 39.1. The largest absolute Gasteiger partial charge is 0.472 e. The molecule has 8 nitrogen and oxygen atoms in total. The number of hydrogen-bond donors (Lipinski definition) is 3. The maximum Gasteiger partial charge on any atom is 0.472 e. The Kier molecular flexibility index (Phi) is 70.3. The van der Waals surface area contributed by atoms with Crippen LogP contribution in [0.1, 0.15) is 341 Å². The average Bonchev–Trinajstić information content (AvgIpc) is 1.94. The second-order valence-electron chi connectivity index (χ2n) is 27.4. The third-order valence-corrected chi connectivity index (χ3v) is 18.1. The third kappa shape index (κ3) is 75.9. The number of amides is 1. The summed E-state index contributed by atoms with van der Waals surface area (Å²) in [5.74, 6) is -0.187. The summed E-state index contributed by atoms with van der Waals surface area (Å²) in [6.07, 6.45) is 111. The van der Waals surface area contributed by atoms with Crippen molar-refractivity contribution in [1.29, 1.82) is 0 Å². The molecule has 0 aromatic carbocycles. The molecule has 3 atom stereocenters. The Morgan fingerprint density at radius 2 is 0.645 bits per heavy atom. The maximum atomic E-state index is 13.1. The van der Waals surface area contributed by atoms with Gasteiger partial charge in [0.25, 0.3) is 0 Å². The van der Waals surface area contributed by atoms with E-state index in [-0.39, 0.29) is 19.1 Å². The minimum absolute atomic E-state index is 0.0542. The molecule has 0 spiro atoms. The fourth-order valence-electron chi connectivity index (χ4n) is 11.1. The van der Waals surface area contributed by atoms with Crippen LogP contribution < -0.4 is 5.32 Å². The number of quaternary nitrogens is 1. The van der Waals surface area contributed by atoms with Crippen molar-refractivity contribution in [3.63, 3.8) is 0 Å². The second-order valence-corrected chi connectivity index (χ2v) is 28.8. The number of likely N-dealkylation sites (N-methyl/N-ethyl adjacent to an activating group) is 1. The van der Waals surface area contributed by atoms with Crippen LogP contribution in [0.3, 0.4) is 0 Å². The Balaban J connectivity index is 4.09. The second kappa shape index (κ2) is 72.9. The molecule has 0 saturated heterocycles. The highest BCUT2D eigenvalue weighted by molar-refractivity contribution is 7.47. The van der Waals surface area contributed by atoms with Gasteiger partial charge in [-0.15, -0.1) is 0 Å². The number of hydrogen-bond acceptors (Lipinski definition) is 5. The number of aliphatic hydroxyl groups is 1. The molecule has 0 aliphatic carbocycles. The molecule has 0 aliphatic rings. The fourth-order valence-corrected chi connectivity index (χ4v) is 11.9. The first kappa shape index (κ1) is 89.6. The van der Waals surface area contributed by atoms with E-state index >= 15 is 0 Å². The molecular weight excluding hydrogens is 1160 g/mol. The van der Waals surface area contributed by atoms with Crippen LogP contribution in [0.15, 0.2) is 134 Å². The van der Waals surface area contributed by atoms with E-state index in [1.165, 1.54) is 205 Å². The number of rotatable bonds is 71. The summed E-state index contributed by atoms with van der Waals surface area (Å²) in [6.45, 7) is 4.72. The van der Waals surface area contributed by atoms with Gasteiger partial charge in [-0.25, -0.2) is 4.57 Å². The van der Waals surface area contributed by atoms with Gasteiger partial charge in [-0.05, 0) is 96.3 Å². The summed E-state index contributed by atoms with van der Waals surface area (Å²) in [6, 6.07) is -0.863. The minimum atomic E-state index is -4.37. The van der Waals surface area contributed by atoms with E-state index in [2.05, 4.69) is 141 Å². The molecular formula is C84H150N2O6P+. The predicted octanol–water partition coefficient (Wildman–Crippen LogP) is 25.7. The topological polar surface area (TPSA) is 105 Å². The van der Waals surface area contributed by atoms with Crippen LogP contribution in [0.2, 0.25) is 0 Å². The van der Waals surface area contributed by atoms with Crippen molar-refractivity contribution in [3.05, 3.63) is 134 Å². The van der Waals surface area contributed by atoms with Crippen molar-refractivity contribution in [2.45, 2.75) is 353 Å². The number of aliphatic hydroxyl groups excluding tert-OH is 1. The van der Waals surface area contributed by atoms with Gasteiger partial charge in [-0.2, -0.15) is 0 Å². The van der Waals surface area contributed by atoms with Gasteiger partial charge < -0.3 is 19.8 Å². The molecule has 0 aromatic heterocycles. The van der Waals surface area contributed by atoms with Crippen LogP contribution in [0.25, 0.3) is 0 Å². The van der Waals surface area contributed by atoms with E-state index in [4.69, 9.17) is 9.05 Å². The number of carbonyl (C=O) groups excluding carboxylic acids is 1. The number of phosphoric ester groups is 1. The molecule has 0 aliphatic heterocycles. The molecule has 0 saturated carbocycles. The quantitative estimate of drug-likeness (QED) is 0.0243. The molecule has 1 amide bonds. The lowest BCUT2D eigenvalue weighted by molar-refractivity contribution is -0.870. The van der Waals surface area contributed by atoms with Crippen molar-refractivity contribution in [2.75, 3.05) is 40.9 Å². The zero-order chi connectivity index (χ0) is 67.6. The molecule has 0 aromatic rings. The highest BCUT2D eigenvalue weighted by atomic mass is 31.2. The van der Waals surface area contributed by atoms with Crippen molar-refractivity contribution in [1.82, 2.24) is 5.32 Å². The summed E-state index contributed by atoms with van der Waals surface area (Å²) in [5, 5.41) is 14.0. The number of nitrogens with zero attached hydrogens (tertiary/aromatic N) is 1. The third-order valence-electron chi connectivity index (χ3n) is 17.1. The fraction of sp³-hybridized carbons (Fsp3) is 0.726. The Morgan fingerprint density at radius 3 is 0.946 bits per heavy atom. The lowest BCUT2D eigenvalue weighted by Crippen LogP contribution is -2.45. The SMILES string of the molecule is CC/C=C\C/C=C\C/C=C\C/C=C\C/C=C\C/C=C\C/C=C\C/C=C\C/C=C\C/C=C\CCCCCCCCCCC(=O)NC(COP(=O)(O)OCC[N+](C)(C)C)C(O)/C=C/CCCCCCCCCCCCCCCCCCCCCCCCCCCCCCCC. The lowest BCUT2D eigenvalue weighted by Gasteiger charge is -2.25. The zero-order valence-corrected chi connectivity index (χ0v) is 62.4. The summed E-state index contributed by atoms with van der Waals surface area (Å²) < 4.78 is 23.9. The number of carbonyl (C=O) groups is 1. The Hall–Kier alpha value is -3.36. The van der Waals surface area contributed by atoms with Gasteiger partial charge in [-0.1, -0.05) is 372 Å². The van der Waals surface area contributed by atoms with Gasteiger partial charge in [-0.3, -0.25) is 13.8 Å².